The van der Waals surface area contributed by atoms with Crippen LogP contribution in [0, 0.1) is 0 Å². The van der Waals surface area contributed by atoms with Crippen molar-refractivity contribution in [1.29, 1.82) is 0 Å². The highest BCUT2D eigenvalue weighted by Gasteiger charge is 2.20. The van der Waals surface area contributed by atoms with E-state index in [0.29, 0.717) is 25.9 Å². The maximum atomic E-state index is 12.5. The van der Waals surface area contributed by atoms with Crippen LogP contribution >= 0.6 is 0 Å². The van der Waals surface area contributed by atoms with Crippen LogP contribution in [-0.4, -0.2) is 47.4 Å². The van der Waals surface area contributed by atoms with Gasteiger partial charge >= 0.3 is 5.97 Å². The molecule has 6 nitrogen and oxygen atoms in total. The number of carbonyl (C=O) groups is 2. The van der Waals surface area contributed by atoms with E-state index in [1.54, 1.807) is 0 Å². The van der Waals surface area contributed by atoms with Gasteiger partial charge in [-0.1, -0.05) is 269 Å². The number of unbranched alkanes of at least 4 members (excludes halogenated alkanes) is 40. The Morgan fingerprint density at radius 2 is 0.754 bits per heavy atom. The van der Waals surface area contributed by atoms with Crippen molar-refractivity contribution in [2.45, 2.75) is 328 Å². The third-order valence-corrected chi connectivity index (χ3v) is 13.5. The van der Waals surface area contributed by atoms with E-state index in [4.69, 9.17) is 4.74 Å². The number of rotatable bonds is 54. The highest BCUT2D eigenvalue weighted by Crippen LogP contribution is 2.17. The van der Waals surface area contributed by atoms with E-state index >= 15 is 0 Å². The number of aliphatic hydroxyl groups excluding tert-OH is 2. The normalized spacial score (nSPS) is 12.7. The molecule has 65 heavy (non-hydrogen) atoms. The zero-order valence-electron chi connectivity index (χ0n) is 43.7. The van der Waals surface area contributed by atoms with Gasteiger partial charge in [-0.2, -0.15) is 0 Å². The highest BCUT2D eigenvalue weighted by atomic mass is 16.5. The average Bonchev–Trinajstić information content (AvgIpc) is 3.31. The fourth-order valence-electron chi connectivity index (χ4n) is 9.04. The molecule has 6 heteroatoms. The minimum Gasteiger partial charge on any atom is -0.466 e. The lowest BCUT2D eigenvalue weighted by molar-refractivity contribution is -0.143. The molecule has 0 aromatic heterocycles. The first kappa shape index (κ1) is 63.3. The molecule has 0 aromatic carbocycles. The predicted molar refractivity (Wildman–Crippen MR) is 283 cm³/mol. The monoisotopic (exact) mass is 916 g/mol. The standard InChI is InChI=1S/C59H113NO5/c1-3-5-7-9-11-13-15-17-19-21-25-29-33-37-41-45-49-53-59(64)65-54-50-46-42-38-34-30-26-22-24-28-32-36-40-44-48-52-58(63)60-56(55-61)57(62)51-47-43-39-35-31-27-23-20-18-16-14-12-10-8-6-4-2/h22,26,30,34,56-57,61-62H,3-21,23-25,27-29,31-33,35-55H2,1-2H3,(H,60,63)/b26-22-,34-30-. The summed E-state index contributed by atoms with van der Waals surface area (Å²) in [4.78, 5) is 24.5. The minimum atomic E-state index is -0.678. The van der Waals surface area contributed by atoms with Gasteiger partial charge in [0.25, 0.3) is 0 Å². The highest BCUT2D eigenvalue weighted by molar-refractivity contribution is 5.76. The molecule has 0 saturated carbocycles. The Morgan fingerprint density at radius 1 is 0.431 bits per heavy atom. The molecule has 0 heterocycles. The van der Waals surface area contributed by atoms with Gasteiger partial charge in [-0.25, -0.2) is 0 Å². The van der Waals surface area contributed by atoms with Crippen molar-refractivity contribution in [2.24, 2.45) is 0 Å². The fourth-order valence-corrected chi connectivity index (χ4v) is 9.04. The zero-order chi connectivity index (χ0) is 47.2. The molecule has 0 aliphatic heterocycles. The van der Waals surface area contributed by atoms with E-state index in [9.17, 15) is 19.8 Å². The smallest absolute Gasteiger partial charge is 0.305 e. The van der Waals surface area contributed by atoms with Gasteiger partial charge in [0.05, 0.1) is 25.4 Å². The molecule has 0 aliphatic carbocycles. The Bertz CT molecular complexity index is 1010. The van der Waals surface area contributed by atoms with Crippen molar-refractivity contribution < 1.29 is 24.5 Å². The summed E-state index contributed by atoms with van der Waals surface area (Å²) < 4.78 is 5.46. The summed E-state index contributed by atoms with van der Waals surface area (Å²) in [6, 6.07) is -0.558. The molecule has 0 saturated heterocycles. The number of hydrogen-bond acceptors (Lipinski definition) is 5. The Morgan fingerprint density at radius 3 is 1.14 bits per heavy atom. The van der Waals surface area contributed by atoms with E-state index in [0.717, 1.165) is 77.0 Å². The molecule has 0 aliphatic rings. The van der Waals surface area contributed by atoms with E-state index in [1.165, 1.54) is 205 Å². The third kappa shape index (κ3) is 51.6. The van der Waals surface area contributed by atoms with Crippen LogP contribution in [0.25, 0.3) is 0 Å². The molecule has 0 fully saturated rings. The van der Waals surface area contributed by atoms with Gasteiger partial charge < -0.3 is 20.3 Å². The van der Waals surface area contributed by atoms with Gasteiger partial charge in [-0.05, 0) is 57.8 Å². The van der Waals surface area contributed by atoms with Crippen molar-refractivity contribution in [3.63, 3.8) is 0 Å². The summed E-state index contributed by atoms with van der Waals surface area (Å²) in [5.74, 6) is -0.0730. The lowest BCUT2D eigenvalue weighted by atomic mass is 10.0. The van der Waals surface area contributed by atoms with Crippen LogP contribution < -0.4 is 5.32 Å². The van der Waals surface area contributed by atoms with Gasteiger partial charge in [0.1, 0.15) is 0 Å². The molecule has 2 atom stereocenters. The average molecular weight is 917 g/mol. The molecule has 2 unspecified atom stereocenters. The molecular weight excluding hydrogens is 803 g/mol. The number of ether oxygens (including phenoxy) is 1. The third-order valence-electron chi connectivity index (χ3n) is 13.5. The summed E-state index contributed by atoms with van der Waals surface area (Å²) >= 11 is 0. The molecule has 384 valence electrons. The second-order valence-corrected chi connectivity index (χ2v) is 20.0. The van der Waals surface area contributed by atoms with Crippen LogP contribution in [0.4, 0.5) is 0 Å². The summed E-state index contributed by atoms with van der Waals surface area (Å²) in [6.45, 7) is 4.92. The van der Waals surface area contributed by atoms with E-state index < -0.39 is 12.1 Å². The Hall–Kier alpha value is -1.66. The molecule has 0 radical (unpaired) electrons. The molecule has 0 bridgehead atoms. The van der Waals surface area contributed by atoms with Crippen molar-refractivity contribution in [1.82, 2.24) is 5.32 Å². The lowest BCUT2D eigenvalue weighted by Gasteiger charge is -2.22. The number of aliphatic hydroxyl groups is 2. The first-order valence-electron chi connectivity index (χ1n) is 29.1. The van der Waals surface area contributed by atoms with Gasteiger partial charge in [0.2, 0.25) is 5.91 Å². The number of carbonyl (C=O) groups excluding carboxylic acids is 2. The first-order valence-corrected chi connectivity index (χ1v) is 29.1. The fraction of sp³-hybridized carbons (Fsp3) is 0.898. The van der Waals surface area contributed by atoms with E-state index in [2.05, 4.69) is 43.5 Å². The largest absolute Gasteiger partial charge is 0.466 e. The summed E-state index contributed by atoms with van der Waals surface area (Å²) in [7, 11) is 0. The summed E-state index contributed by atoms with van der Waals surface area (Å²) in [5, 5.41) is 23.3. The van der Waals surface area contributed by atoms with Crippen LogP contribution in [0.5, 0.6) is 0 Å². The number of allylic oxidation sites excluding steroid dienone is 4. The SMILES string of the molecule is CCCCCCCCCCCCCCCCCCCC(=O)OCCCCC/C=C\C=C/CCCCCCCCC(=O)NC(CO)C(O)CCCCCCCCCCCCCCCCCC. The number of amides is 1. The molecule has 3 N–H and O–H groups in total. The lowest BCUT2D eigenvalue weighted by Crippen LogP contribution is -2.45. The topological polar surface area (TPSA) is 95.9 Å². The van der Waals surface area contributed by atoms with E-state index in [1.807, 2.05) is 0 Å². The quantitative estimate of drug-likeness (QED) is 0.0321. The van der Waals surface area contributed by atoms with Crippen LogP contribution in [0.2, 0.25) is 0 Å². The van der Waals surface area contributed by atoms with Crippen LogP contribution in [0.15, 0.2) is 24.3 Å². The molecule has 1 amide bonds. The van der Waals surface area contributed by atoms with Gasteiger partial charge in [-0.3, -0.25) is 9.59 Å². The van der Waals surface area contributed by atoms with Crippen molar-refractivity contribution in [3.8, 4) is 0 Å². The minimum absolute atomic E-state index is 0.0173. The molecular formula is C59H113NO5. The first-order chi connectivity index (χ1) is 32.0. The summed E-state index contributed by atoms with van der Waals surface area (Å²) in [5.41, 5.74) is 0. The second-order valence-electron chi connectivity index (χ2n) is 20.0. The number of nitrogens with one attached hydrogen (secondary N) is 1. The van der Waals surface area contributed by atoms with Crippen molar-refractivity contribution >= 4 is 11.9 Å². The molecule has 0 aromatic rings. The second kappa shape index (κ2) is 54.9. The predicted octanol–water partition coefficient (Wildman–Crippen LogP) is 17.9. The maximum absolute atomic E-state index is 12.5. The van der Waals surface area contributed by atoms with E-state index in [-0.39, 0.29) is 18.5 Å². The van der Waals surface area contributed by atoms with Crippen LogP contribution in [0.3, 0.4) is 0 Å². The van der Waals surface area contributed by atoms with Crippen molar-refractivity contribution in [2.75, 3.05) is 13.2 Å². The van der Waals surface area contributed by atoms with Gasteiger partial charge in [0.15, 0.2) is 0 Å². The summed E-state index contributed by atoms with van der Waals surface area (Å²) in [6.07, 6.45) is 66.0. The number of hydrogen-bond donors (Lipinski definition) is 3. The molecule has 0 rings (SSSR count). The van der Waals surface area contributed by atoms with Gasteiger partial charge in [0, 0.05) is 12.8 Å². The van der Waals surface area contributed by atoms with Gasteiger partial charge in [-0.15, -0.1) is 0 Å². The van der Waals surface area contributed by atoms with Crippen LogP contribution in [0.1, 0.15) is 316 Å². The molecule has 0 spiro atoms. The zero-order valence-corrected chi connectivity index (χ0v) is 43.7. The maximum Gasteiger partial charge on any atom is 0.305 e. The number of esters is 1. The Kier molecular flexibility index (Phi) is 53.5. The van der Waals surface area contributed by atoms with Crippen molar-refractivity contribution in [3.05, 3.63) is 24.3 Å². The Balaban J connectivity index is 3.49. The van der Waals surface area contributed by atoms with Crippen LogP contribution in [-0.2, 0) is 14.3 Å². The Labute approximate surface area is 405 Å².